The van der Waals surface area contributed by atoms with Gasteiger partial charge in [0.25, 0.3) is 0 Å². The van der Waals surface area contributed by atoms with Crippen molar-refractivity contribution >= 4 is 47.7 Å². The van der Waals surface area contributed by atoms with Crippen LogP contribution in [0.2, 0.25) is 12.1 Å². The molecule has 0 atom stereocenters. The fraction of sp³-hybridized carbons (Fsp3) is 0.0870. The minimum absolute atomic E-state index is 0.677. The van der Waals surface area contributed by atoms with Gasteiger partial charge in [-0.1, -0.05) is 170 Å². The van der Waals surface area contributed by atoms with Gasteiger partial charge < -0.3 is 0 Å². The molecule has 0 aliphatic heterocycles. The van der Waals surface area contributed by atoms with E-state index in [0.717, 1.165) is 12.1 Å². The predicted molar refractivity (Wildman–Crippen MR) is 213 cm³/mol. The predicted octanol–water partition coefficient (Wildman–Crippen LogP) is 7.91. The molecule has 6 aromatic rings. The molecule has 0 aliphatic rings. The van der Waals surface area contributed by atoms with Crippen molar-refractivity contribution in [1.82, 2.24) is 0 Å². The van der Waals surface area contributed by atoms with Gasteiger partial charge in [-0.25, -0.2) is 0 Å². The third-order valence-corrected chi connectivity index (χ3v) is 17.5. The molecule has 6 rings (SSSR count). The second-order valence-corrected chi connectivity index (χ2v) is 19.4. The molecule has 0 N–H and O–H groups in total. The molecule has 0 amide bonds. The Morgan fingerprint density at radius 2 is 0.750 bits per heavy atom. The zero-order valence-corrected chi connectivity index (χ0v) is 29.4. The van der Waals surface area contributed by atoms with Crippen molar-refractivity contribution in [2.24, 2.45) is 0 Å². The molecule has 0 aromatic heterocycles. The van der Waals surface area contributed by atoms with E-state index in [-0.39, 0.29) is 0 Å². The minimum Gasteiger partial charge on any atom is -0.119 e. The Kier molecular flexibility index (Phi) is 10.5. The van der Waals surface area contributed by atoms with Gasteiger partial charge in [0.1, 0.15) is 0 Å². The maximum absolute atomic E-state index is 4.16. The average molecular weight is 649 g/mol. The lowest BCUT2D eigenvalue weighted by atomic mass is 9.96. The van der Waals surface area contributed by atoms with Gasteiger partial charge in [-0.3, -0.25) is 0 Å². The monoisotopic (exact) mass is 648 g/mol. The normalized spacial score (nSPS) is 11.1. The molecular weight excluding hydrogens is 609 g/mol. The maximum atomic E-state index is 4.16. The zero-order chi connectivity index (χ0) is 33.1. The molecule has 6 aromatic carbocycles. The summed E-state index contributed by atoms with van der Waals surface area (Å²) in [5.41, 5.74) is 10.3. The Morgan fingerprint density at radius 1 is 0.417 bits per heavy atom. The van der Waals surface area contributed by atoms with Crippen LogP contribution in [-0.4, -0.2) is 16.1 Å². The maximum Gasteiger partial charge on any atom is 0.202 e. The van der Waals surface area contributed by atoms with Gasteiger partial charge in [0, 0.05) is 12.8 Å². The van der Waals surface area contributed by atoms with E-state index in [4.69, 9.17) is 0 Å². The standard InChI is InChI=1S/C46H40Si2/c1-3-35-47(42-27-9-5-10-28-42,43-29-11-6-12-30-43)37-19-25-40-23-17-21-39-22-18-24-41(46(39)40)26-20-38-48(36-4-2,44-31-13-7-14-32-44)45-33-15-8-16-34-45/h3-18,21-24,27-34H,1-2,25-26,35-36H2. The van der Waals surface area contributed by atoms with E-state index in [2.05, 4.69) is 206 Å². The van der Waals surface area contributed by atoms with E-state index >= 15 is 0 Å². The van der Waals surface area contributed by atoms with Gasteiger partial charge in [0.15, 0.2) is 0 Å². The third-order valence-electron chi connectivity index (χ3n) is 9.21. The summed E-state index contributed by atoms with van der Waals surface area (Å²) in [6, 6.07) is 58.2. The molecule has 0 aliphatic carbocycles. The highest BCUT2D eigenvalue weighted by Crippen LogP contribution is 2.24. The van der Waals surface area contributed by atoms with Crippen LogP contribution in [0.3, 0.4) is 0 Å². The van der Waals surface area contributed by atoms with E-state index in [0.29, 0.717) is 12.8 Å². The molecular formula is C46H40Si2. The van der Waals surface area contributed by atoms with E-state index in [1.165, 1.54) is 42.6 Å². The first-order valence-corrected chi connectivity index (χ1v) is 21.0. The Hall–Kier alpha value is -5.39. The number of benzene rings is 6. The summed E-state index contributed by atoms with van der Waals surface area (Å²) in [4.78, 5) is 0. The molecule has 0 spiro atoms. The van der Waals surface area contributed by atoms with Crippen molar-refractivity contribution in [1.29, 1.82) is 0 Å². The molecule has 0 radical (unpaired) electrons. The van der Waals surface area contributed by atoms with Crippen molar-refractivity contribution in [2.45, 2.75) is 24.9 Å². The summed E-state index contributed by atoms with van der Waals surface area (Å²) in [5.74, 6) is 7.42. The summed E-state index contributed by atoms with van der Waals surface area (Å²) in [7, 11) is -4.80. The fourth-order valence-corrected chi connectivity index (χ4v) is 14.0. The number of fused-ring (bicyclic) bond motifs is 1. The van der Waals surface area contributed by atoms with Crippen LogP contribution in [-0.2, 0) is 12.8 Å². The lowest BCUT2D eigenvalue weighted by Crippen LogP contribution is -2.57. The minimum atomic E-state index is -2.40. The van der Waals surface area contributed by atoms with Crippen LogP contribution in [0.1, 0.15) is 11.1 Å². The van der Waals surface area contributed by atoms with Gasteiger partial charge in [-0.15, -0.1) is 36.1 Å². The van der Waals surface area contributed by atoms with Crippen molar-refractivity contribution in [3.05, 3.63) is 194 Å². The summed E-state index contributed by atoms with van der Waals surface area (Å²) in [5, 5.41) is 7.79. The summed E-state index contributed by atoms with van der Waals surface area (Å²) >= 11 is 0. The highest BCUT2D eigenvalue weighted by atomic mass is 28.3. The van der Waals surface area contributed by atoms with Crippen molar-refractivity contribution in [3.8, 4) is 22.9 Å². The molecule has 0 fully saturated rings. The molecule has 0 bridgehead atoms. The van der Waals surface area contributed by atoms with E-state index in [9.17, 15) is 0 Å². The number of allylic oxidation sites excluding steroid dienone is 2. The Morgan fingerprint density at radius 3 is 1.06 bits per heavy atom. The first-order valence-electron chi connectivity index (χ1n) is 16.6. The number of hydrogen-bond donors (Lipinski definition) is 0. The van der Waals surface area contributed by atoms with E-state index < -0.39 is 16.1 Å². The van der Waals surface area contributed by atoms with Crippen molar-refractivity contribution < 1.29 is 0 Å². The summed E-state index contributed by atoms with van der Waals surface area (Å²) in [6.07, 6.45) is 5.46. The van der Waals surface area contributed by atoms with Gasteiger partial charge in [0.05, 0.1) is 0 Å². The first kappa shape index (κ1) is 32.6. The molecule has 0 saturated heterocycles. The molecule has 0 heterocycles. The molecule has 2 heteroatoms. The van der Waals surface area contributed by atoms with Crippen molar-refractivity contribution in [3.63, 3.8) is 0 Å². The van der Waals surface area contributed by atoms with E-state index in [1.54, 1.807) is 0 Å². The van der Waals surface area contributed by atoms with Gasteiger partial charge in [-0.2, -0.15) is 0 Å². The summed E-state index contributed by atoms with van der Waals surface area (Å²) in [6.45, 7) is 8.33. The highest BCUT2D eigenvalue weighted by Gasteiger charge is 2.35. The number of hydrogen-bond acceptors (Lipinski definition) is 0. The summed E-state index contributed by atoms with van der Waals surface area (Å²) < 4.78 is 0. The second-order valence-electron chi connectivity index (χ2n) is 12.1. The average Bonchev–Trinajstić information content (AvgIpc) is 3.15. The van der Waals surface area contributed by atoms with Crippen LogP contribution in [0.4, 0.5) is 0 Å². The van der Waals surface area contributed by atoms with E-state index in [1.807, 2.05) is 0 Å². The quantitative estimate of drug-likeness (QED) is 0.0805. The lowest BCUT2D eigenvalue weighted by Gasteiger charge is -2.26. The second kappa shape index (κ2) is 15.5. The molecule has 232 valence electrons. The van der Waals surface area contributed by atoms with Gasteiger partial charge >= 0.3 is 0 Å². The zero-order valence-electron chi connectivity index (χ0n) is 27.4. The molecule has 0 saturated carbocycles. The number of rotatable bonds is 10. The first-order chi connectivity index (χ1) is 23.7. The fourth-order valence-electron chi connectivity index (χ4n) is 6.90. The lowest BCUT2D eigenvalue weighted by molar-refractivity contribution is 1.30. The largest absolute Gasteiger partial charge is 0.202 e. The van der Waals surface area contributed by atoms with Crippen LogP contribution in [0.15, 0.2) is 183 Å². The molecule has 48 heavy (non-hydrogen) atoms. The van der Waals surface area contributed by atoms with Crippen LogP contribution in [0.25, 0.3) is 10.8 Å². The smallest absolute Gasteiger partial charge is 0.119 e. The van der Waals surface area contributed by atoms with Crippen LogP contribution < -0.4 is 20.7 Å². The van der Waals surface area contributed by atoms with Crippen molar-refractivity contribution in [2.75, 3.05) is 0 Å². The van der Waals surface area contributed by atoms with Crippen LogP contribution in [0.5, 0.6) is 0 Å². The Balaban J connectivity index is 1.40. The topological polar surface area (TPSA) is 0 Å². The highest BCUT2D eigenvalue weighted by molar-refractivity contribution is 7.09. The molecule has 0 nitrogen and oxygen atoms in total. The third kappa shape index (κ3) is 6.83. The van der Waals surface area contributed by atoms with Crippen LogP contribution >= 0.6 is 0 Å². The van der Waals surface area contributed by atoms with Crippen LogP contribution in [0, 0.1) is 22.9 Å². The Bertz CT molecular complexity index is 1880. The van der Waals surface area contributed by atoms with Gasteiger partial charge in [0.2, 0.25) is 16.1 Å². The SMILES string of the molecule is C=CC[Si](C#CCc1cccc2cccc(CC#C[Si](CC=C)(c3ccccc3)c3ccccc3)c12)(c1ccccc1)c1ccccc1. The Labute approximate surface area is 288 Å². The van der Waals surface area contributed by atoms with Gasteiger partial charge in [-0.05, 0) is 54.7 Å². The molecule has 0 unspecified atom stereocenters.